The number of aliphatic hydroxyl groups is 2. The number of nitrogens with one attached hydrogen (secondary N) is 1. The van der Waals surface area contributed by atoms with E-state index in [2.05, 4.69) is 43.5 Å². The maximum Gasteiger partial charge on any atom is 0.305 e. The smallest absolute Gasteiger partial charge is 0.305 e. The fourth-order valence-corrected chi connectivity index (χ4v) is 9.55. The quantitative estimate of drug-likeness (QED) is 0.0321. The molecule has 0 spiro atoms. The normalized spacial score (nSPS) is 12.7. The summed E-state index contributed by atoms with van der Waals surface area (Å²) in [6.45, 7) is 4.92. The third-order valence-electron chi connectivity index (χ3n) is 14.3. The van der Waals surface area contributed by atoms with Gasteiger partial charge >= 0.3 is 5.97 Å². The van der Waals surface area contributed by atoms with Crippen LogP contribution in [0.4, 0.5) is 0 Å². The van der Waals surface area contributed by atoms with Crippen molar-refractivity contribution in [3.63, 3.8) is 0 Å². The molecule has 0 fully saturated rings. The molecule has 6 nitrogen and oxygen atoms in total. The van der Waals surface area contributed by atoms with Crippen molar-refractivity contribution in [2.75, 3.05) is 13.2 Å². The van der Waals surface area contributed by atoms with E-state index in [4.69, 9.17) is 4.74 Å². The number of hydrogen-bond acceptors (Lipinski definition) is 5. The molecule has 2 atom stereocenters. The SMILES string of the molecule is CCCCC/C=C\C/C=C\CCCCCCCCCC(=O)OCCCCCCCCCCCCCCC(=O)NC(CO)C(O)CCCCCCCCCCCCCCCCCCCCCCCC. The summed E-state index contributed by atoms with van der Waals surface area (Å²) in [6.07, 6.45) is 70.3. The Morgan fingerprint density at radius 2 is 0.735 bits per heavy atom. The van der Waals surface area contributed by atoms with Crippen LogP contribution in [0.5, 0.6) is 0 Å². The van der Waals surface area contributed by atoms with Gasteiger partial charge in [-0.05, 0) is 57.8 Å². The Labute approximate surface area is 424 Å². The molecule has 0 aromatic carbocycles. The van der Waals surface area contributed by atoms with E-state index in [1.54, 1.807) is 0 Å². The standard InChI is InChI=1S/C62H119NO5/c1-3-5-7-9-11-13-15-17-19-21-22-23-24-25-27-28-30-34-38-42-46-50-54-60(65)59(58-64)63-61(66)55-51-47-43-39-35-32-33-37-41-45-49-53-57-68-62(67)56-52-48-44-40-36-31-29-26-20-18-16-14-12-10-8-6-4-2/h12,14,18,20,59-60,64-65H,3-11,13,15-17,19,21-58H2,1-2H3,(H,63,66)/b14-12-,20-18-. The first-order chi connectivity index (χ1) is 33.5. The minimum absolute atomic E-state index is 0.0159. The van der Waals surface area contributed by atoms with Crippen molar-refractivity contribution in [2.45, 2.75) is 347 Å². The summed E-state index contributed by atoms with van der Waals surface area (Å²) in [6, 6.07) is -0.555. The first-order valence-corrected chi connectivity index (χ1v) is 30.6. The summed E-state index contributed by atoms with van der Waals surface area (Å²) < 4.78 is 5.48. The molecule has 0 rings (SSSR count). The van der Waals surface area contributed by atoms with Crippen molar-refractivity contribution < 1.29 is 24.5 Å². The van der Waals surface area contributed by atoms with Gasteiger partial charge in [0.05, 0.1) is 25.4 Å². The van der Waals surface area contributed by atoms with E-state index in [0.29, 0.717) is 25.9 Å². The van der Waals surface area contributed by atoms with Crippen molar-refractivity contribution in [1.29, 1.82) is 0 Å². The summed E-state index contributed by atoms with van der Waals surface area (Å²) in [5.41, 5.74) is 0. The van der Waals surface area contributed by atoms with Gasteiger partial charge in [0.15, 0.2) is 0 Å². The van der Waals surface area contributed by atoms with Gasteiger partial charge < -0.3 is 20.3 Å². The van der Waals surface area contributed by atoms with Crippen LogP contribution in [-0.4, -0.2) is 47.4 Å². The average Bonchev–Trinajstić information content (AvgIpc) is 3.34. The molecule has 0 heterocycles. The third kappa shape index (κ3) is 53.7. The number of carbonyl (C=O) groups is 2. The molecule has 0 saturated heterocycles. The van der Waals surface area contributed by atoms with Crippen molar-refractivity contribution in [3.8, 4) is 0 Å². The van der Waals surface area contributed by atoms with Gasteiger partial charge in [0.2, 0.25) is 5.91 Å². The lowest BCUT2D eigenvalue weighted by Crippen LogP contribution is -2.45. The molecule has 1 amide bonds. The van der Waals surface area contributed by atoms with Gasteiger partial charge in [-0.1, -0.05) is 289 Å². The molecule has 0 bridgehead atoms. The van der Waals surface area contributed by atoms with Crippen molar-refractivity contribution in [3.05, 3.63) is 24.3 Å². The van der Waals surface area contributed by atoms with Crippen molar-refractivity contribution in [2.24, 2.45) is 0 Å². The molecule has 0 saturated carbocycles. The third-order valence-corrected chi connectivity index (χ3v) is 14.3. The number of rotatable bonds is 57. The molecule has 0 aliphatic heterocycles. The van der Waals surface area contributed by atoms with Gasteiger partial charge in [-0.3, -0.25) is 9.59 Å². The van der Waals surface area contributed by atoms with E-state index in [-0.39, 0.29) is 18.5 Å². The number of ether oxygens (including phenoxy) is 1. The van der Waals surface area contributed by atoms with E-state index in [9.17, 15) is 19.8 Å². The van der Waals surface area contributed by atoms with E-state index in [1.807, 2.05) is 0 Å². The van der Waals surface area contributed by atoms with Crippen LogP contribution in [0.25, 0.3) is 0 Å². The number of carbonyl (C=O) groups excluding carboxylic acids is 2. The Morgan fingerprint density at radius 3 is 1.15 bits per heavy atom. The molecule has 6 heteroatoms. The summed E-state index contributed by atoms with van der Waals surface area (Å²) in [4.78, 5) is 24.6. The van der Waals surface area contributed by atoms with E-state index < -0.39 is 12.1 Å². The number of allylic oxidation sites excluding steroid dienone is 4. The van der Waals surface area contributed by atoms with Crippen molar-refractivity contribution in [1.82, 2.24) is 5.32 Å². The number of aliphatic hydroxyl groups excluding tert-OH is 2. The molecular weight excluding hydrogens is 839 g/mol. The Kier molecular flexibility index (Phi) is 56.5. The summed E-state index contributed by atoms with van der Waals surface area (Å²) >= 11 is 0. The van der Waals surface area contributed by atoms with Gasteiger partial charge in [-0.25, -0.2) is 0 Å². The molecular formula is C62H119NO5. The van der Waals surface area contributed by atoms with Gasteiger partial charge in [0.25, 0.3) is 0 Å². The first-order valence-electron chi connectivity index (χ1n) is 30.6. The fraction of sp³-hybridized carbons (Fsp3) is 0.903. The monoisotopic (exact) mass is 958 g/mol. The summed E-state index contributed by atoms with van der Waals surface area (Å²) in [5.74, 6) is -0.0636. The fourth-order valence-electron chi connectivity index (χ4n) is 9.55. The molecule has 0 aliphatic carbocycles. The highest BCUT2D eigenvalue weighted by Gasteiger charge is 2.20. The van der Waals surface area contributed by atoms with Crippen LogP contribution >= 0.6 is 0 Å². The van der Waals surface area contributed by atoms with Gasteiger partial charge in [-0.15, -0.1) is 0 Å². The highest BCUT2D eigenvalue weighted by Crippen LogP contribution is 2.18. The lowest BCUT2D eigenvalue weighted by atomic mass is 10.0. The zero-order valence-electron chi connectivity index (χ0n) is 45.9. The van der Waals surface area contributed by atoms with Crippen LogP contribution in [0, 0.1) is 0 Å². The molecule has 68 heavy (non-hydrogen) atoms. The molecule has 0 radical (unpaired) electrons. The van der Waals surface area contributed by atoms with Crippen LogP contribution < -0.4 is 5.32 Å². The Morgan fingerprint density at radius 1 is 0.412 bits per heavy atom. The molecule has 0 aromatic rings. The predicted molar refractivity (Wildman–Crippen MR) is 296 cm³/mol. The highest BCUT2D eigenvalue weighted by molar-refractivity contribution is 5.76. The maximum atomic E-state index is 12.5. The van der Waals surface area contributed by atoms with Crippen LogP contribution in [0.1, 0.15) is 335 Å². The van der Waals surface area contributed by atoms with Crippen LogP contribution in [0.3, 0.4) is 0 Å². The van der Waals surface area contributed by atoms with Gasteiger partial charge in [0.1, 0.15) is 0 Å². The van der Waals surface area contributed by atoms with E-state index >= 15 is 0 Å². The maximum absolute atomic E-state index is 12.5. The van der Waals surface area contributed by atoms with E-state index in [1.165, 1.54) is 238 Å². The van der Waals surface area contributed by atoms with E-state index in [0.717, 1.165) is 64.2 Å². The van der Waals surface area contributed by atoms with Crippen LogP contribution in [0.2, 0.25) is 0 Å². The van der Waals surface area contributed by atoms with Gasteiger partial charge in [0, 0.05) is 12.8 Å². The largest absolute Gasteiger partial charge is 0.466 e. The molecule has 0 aromatic heterocycles. The molecule has 3 N–H and O–H groups in total. The minimum atomic E-state index is -0.676. The second-order valence-electron chi connectivity index (χ2n) is 21.0. The highest BCUT2D eigenvalue weighted by atomic mass is 16.5. The second-order valence-corrected chi connectivity index (χ2v) is 21.0. The lowest BCUT2D eigenvalue weighted by Gasteiger charge is -2.22. The number of esters is 1. The Hall–Kier alpha value is -1.66. The molecule has 0 aliphatic rings. The first kappa shape index (κ1) is 66.3. The Balaban J connectivity index is 3.45. The van der Waals surface area contributed by atoms with Crippen molar-refractivity contribution >= 4 is 11.9 Å². The zero-order valence-corrected chi connectivity index (χ0v) is 45.9. The number of hydrogen-bond donors (Lipinski definition) is 3. The summed E-state index contributed by atoms with van der Waals surface area (Å²) in [7, 11) is 0. The lowest BCUT2D eigenvalue weighted by molar-refractivity contribution is -0.143. The number of amides is 1. The summed E-state index contributed by atoms with van der Waals surface area (Å²) in [5, 5.41) is 23.4. The van der Waals surface area contributed by atoms with Crippen LogP contribution in [-0.2, 0) is 14.3 Å². The minimum Gasteiger partial charge on any atom is -0.466 e. The number of unbranched alkanes of at least 4 members (excludes halogenated alkanes) is 42. The van der Waals surface area contributed by atoms with Crippen LogP contribution in [0.15, 0.2) is 24.3 Å². The molecule has 402 valence electrons. The zero-order chi connectivity index (χ0) is 49.3. The topological polar surface area (TPSA) is 95.9 Å². The molecule has 2 unspecified atom stereocenters. The average molecular weight is 959 g/mol. The Bertz CT molecular complexity index is 1060. The predicted octanol–water partition coefficient (Wildman–Crippen LogP) is 19.0. The van der Waals surface area contributed by atoms with Gasteiger partial charge in [-0.2, -0.15) is 0 Å². The second kappa shape index (κ2) is 57.9.